The topological polar surface area (TPSA) is 103 Å². The molecule has 0 spiro atoms. The van der Waals surface area contributed by atoms with Crippen molar-refractivity contribution >= 4 is 5.97 Å². The monoisotopic (exact) mass is 412 g/mol. The van der Waals surface area contributed by atoms with E-state index in [2.05, 4.69) is 13.8 Å². The van der Waals surface area contributed by atoms with E-state index >= 15 is 0 Å². The largest absolute Gasteiger partial charge is 0.508 e. The van der Waals surface area contributed by atoms with Crippen molar-refractivity contribution in [3.8, 4) is 11.5 Å². The lowest BCUT2D eigenvalue weighted by atomic mass is 9.78. The predicted molar refractivity (Wildman–Crippen MR) is 113 cm³/mol. The van der Waals surface area contributed by atoms with E-state index in [0.29, 0.717) is 0 Å². The van der Waals surface area contributed by atoms with Crippen LogP contribution < -0.4 is 0 Å². The molecule has 2 heterocycles. The Bertz CT molecular complexity index is 811. The number of carboxylic acid groups (broad SMARTS) is 1. The zero-order chi connectivity index (χ0) is 21.7. The number of benzene rings is 2. The van der Waals surface area contributed by atoms with Crippen LogP contribution in [0.4, 0.5) is 0 Å². The average Bonchev–Trinajstić information content (AvgIpc) is 3.60. The molecule has 4 rings (SSSR count). The third kappa shape index (κ3) is 6.61. The van der Waals surface area contributed by atoms with Crippen molar-refractivity contribution < 1.29 is 29.6 Å². The van der Waals surface area contributed by atoms with Crippen LogP contribution in [0.25, 0.3) is 0 Å². The van der Waals surface area contributed by atoms with Gasteiger partial charge in [0.1, 0.15) is 11.5 Å². The standard InChI is InChI=1S/C15H16O2.C9H12O4/c1-15(2,11-3-7-13(16)8-4-11)12-5-9-14(17)10-6-12;10-9(11)3-6(1-7-4-12-7)2-8-5-13-8/h3-10,16-17H,1-2H3;3,7-8H,1-2,4-5H2,(H,10,11). The number of carboxylic acids is 1. The van der Waals surface area contributed by atoms with Gasteiger partial charge in [0.2, 0.25) is 0 Å². The Kier molecular flexibility index (Phi) is 6.80. The minimum absolute atomic E-state index is 0.151. The minimum Gasteiger partial charge on any atom is -0.508 e. The SMILES string of the molecule is CC(C)(c1ccc(O)cc1)c1ccc(O)cc1.O=C(O)C=C(CC1CO1)CC1CO1. The van der Waals surface area contributed by atoms with Crippen molar-refractivity contribution in [1.29, 1.82) is 0 Å². The summed E-state index contributed by atoms with van der Waals surface area (Å²) in [6.07, 6.45) is 3.27. The van der Waals surface area contributed by atoms with Gasteiger partial charge in [-0.2, -0.15) is 0 Å². The summed E-state index contributed by atoms with van der Waals surface area (Å²) in [4.78, 5) is 10.5. The molecule has 3 N–H and O–H groups in total. The third-order valence-electron chi connectivity index (χ3n) is 5.29. The van der Waals surface area contributed by atoms with E-state index < -0.39 is 5.97 Å². The molecule has 0 saturated carbocycles. The van der Waals surface area contributed by atoms with Crippen molar-refractivity contribution in [2.24, 2.45) is 0 Å². The van der Waals surface area contributed by atoms with E-state index in [1.165, 1.54) is 6.08 Å². The van der Waals surface area contributed by atoms with Crippen LogP contribution in [0.15, 0.2) is 60.2 Å². The number of phenols is 2. The quantitative estimate of drug-likeness (QED) is 0.469. The van der Waals surface area contributed by atoms with E-state index in [0.717, 1.165) is 42.8 Å². The number of ether oxygens (including phenoxy) is 2. The molecular formula is C24H28O6. The van der Waals surface area contributed by atoms with E-state index in [1.807, 2.05) is 24.3 Å². The van der Waals surface area contributed by atoms with Crippen LogP contribution in [0.5, 0.6) is 11.5 Å². The van der Waals surface area contributed by atoms with E-state index in [4.69, 9.17) is 14.6 Å². The Labute approximate surface area is 176 Å². The summed E-state index contributed by atoms with van der Waals surface area (Å²) in [7, 11) is 0. The van der Waals surface area contributed by atoms with Gasteiger partial charge in [0.05, 0.1) is 25.4 Å². The fourth-order valence-corrected chi connectivity index (χ4v) is 3.26. The molecule has 0 amide bonds. The van der Waals surface area contributed by atoms with Gasteiger partial charge in [-0.3, -0.25) is 0 Å². The number of epoxide rings is 2. The first kappa shape index (κ1) is 21.9. The third-order valence-corrected chi connectivity index (χ3v) is 5.29. The first-order valence-electron chi connectivity index (χ1n) is 9.98. The van der Waals surface area contributed by atoms with Gasteiger partial charge in [0.15, 0.2) is 0 Å². The molecule has 2 atom stereocenters. The molecule has 30 heavy (non-hydrogen) atoms. The molecule has 0 bridgehead atoms. The Morgan fingerprint density at radius 2 is 1.27 bits per heavy atom. The van der Waals surface area contributed by atoms with Crippen molar-refractivity contribution in [2.75, 3.05) is 13.2 Å². The number of phenolic OH excluding ortho intramolecular Hbond substituents is 2. The van der Waals surface area contributed by atoms with Crippen LogP contribution in [-0.4, -0.2) is 46.7 Å². The molecule has 0 aliphatic carbocycles. The first-order valence-corrected chi connectivity index (χ1v) is 9.98. The molecule has 6 nitrogen and oxygen atoms in total. The number of rotatable bonds is 7. The lowest BCUT2D eigenvalue weighted by Crippen LogP contribution is -2.18. The summed E-state index contributed by atoms with van der Waals surface area (Å²) in [5, 5.41) is 27.2. The number of aliphatic carboxylic acids is 1. The molecule has 2 aromatic carbocycles. The smallest absolute Gasteiger partial charge is 0.328 e. The zero-order valence-electron chi connectivity index (χ0n) is 17.2. The van der Waals surface area contributed by atoms with Crippen molar-refractivity contribution in [3.05, 3.63) is 71.3 Å². The first-order chi connectivity index (χ1) is 14.2. The van der Waals surface area contributed by atoms with Gasteiger partial charge in [-0.15, -0.1) is 0 Å². The molecule has 0 aromatic heterocycles. The maximum atomic E-state index is 10.5. The fourth-order valence-electron chi connectivity index (χ4n) is 3.26. The molecule has 2 aromatic rings. The summed E-state index contributed by atoms with van der Waals surface area (Å²) in [5.74, 6) is -0.332. The molecule has 2 saturated heterocycles. The highest BCUT2D eigenvalue weighted by Gasteiger charge is 2.29. The Balaban J connectivity index is 0.000000177. The Hall–Kier alpha value is -2.83. The molecule has 6 heteroatoms. The summed E-state index contributed by atoms with van der Waals surface area (Å²) < 4.78 is 10.1. The van der Waals surface area contributed by atoms with Gasteiger partial charge in [-0.25, -0.2) is 4.79 Å². The van der Waals surface area contributed by atoms with Crippen LogP contribution >= 0.6 is 0 Å². The highest BCUT2D eigenvalue weighted by atomic mass is 16.6. The van der Waals surface area contributed by atoms with Crippen molar-refractivity contribution in [3.63, 3.8) is 0 Å². The van der Waals surface area contributed by atoms with Crippen molar-refractivity contribution in [2.45, 2.75) is 44.3 Å². The Morgan fingerprint density at radius 3 is 1.57 bits per heavy atom. The van der Waals surface area contributed by atoms with Crippen LogP contribution in [0.3, 0.4) is 0 Å². The van der Waals surface area contributed by atoms with E-state index in [1.54, 1.807) is 24.3 Å². The van der Waals surface area contributed by atoms with Gasteiger partial charge in [-0.1, -0.05) is 43.7 Å². The maximum absolute atomic E-state index is 10.5. The number of hydrogen-bond donors (Lipinski definition) is 3. The maximum Gasteiger partial charge on any atom is 0.328 e. The molecule has 0 radical (unpaired) electrons. The molecular weight excluding hydrogens is 384 g/mol. The van der Waals surface area contributed by atoms with Crippen molar-refractivity contribution in [1.82, 2.24) is 0 Å². The normalized spacial score (nSPS) is 19.3. The lowest BCUT2D eigenvalue weighted by Gasteiger charge is -2.26. The summed E-state index contributed by atoms with van der Waals surface area (Å²) in [5.41, 5.74) is 3.03. The number of carbonyl (C=O) groups is 1. The van der Waals surface area contributed by atoms with Gasteiger partial charge in [0.25, 0.3) is 0 Å². The van der Waals surface area contributed by atoms with Gasteiger partial charge >= 0.3 is 5.97 Å². The number of aromatic hydroxyl groups is 2. The van der Waals surface area contributed by atoms with Crippen LogP contribution in [0.1, 0.15) is 37.8 Å². The molecule has 2 aliphatic rings. The summed E-state index contributed by atoms with van der Waals surface area (Å²) >= 11 is 0. The molecule has 2 fully saturated rings. The van der Waals surface area contributed by atoms with E-state index in [-0.39, 0.29) is 29.1 Å². The highest BCUT2D eigenvalue weighted by Crippen LogP contribution is 2.33. The molecule has 160 valence electrons. The minimum atomic E-state index is -0.878. The van der Waals surface area contributed by atoms with Gasteiger partial charge in [-0.05, 0) is 48.2 Å². The summed E-state index contributed by atoms with van der Waals surface area (Å²) in [6.45, 7) is 5.77. The second-order valence-corrected chi connectivity index (χ2v) is 8.18. The fraction of sp³-hybridized carbons (Fsp3) is 0.375. The van der Waals surface area contributed by atoms with E-state index in [9.17, 15) is 15.0 Å². The molecule has 2 unspecified atom stereocenters. The average molecular weight is 412 g/mol. The Morgan fingerprint density at radius 1 is 0.900 bits per heavy atom. The van der Waals surface area contributed by atoms with Crippen LogP contribution in [-0.2, 0) is 19.7 Å². The number of hydrogen-bond acceptors (Lipinski definition) is 5. The predicted octanol–water partition coefficient (Wildman–Crippen LogP) is 4.00. The van der Waals surface area contributed by atoms with Gasteiger partial charge < -0.3 is 24.8 Å². The van der Waals surface area contributed by atoms with Crippen LogP contribution in [0, 0.1) is 0 Å². The van der Waals surface area contributed by atoms with Gasteiger partial charge in [0, 0.05) is 11.5 Å². The zero-order valence-corrected chi connectivity index (χ0v) is 17.2. The highest BCUT2D eigenvalue weighted by molar-refractivity contribution is 5.80. The second-order valence-electron chi connectivity index (χ2n) is 8.18. The van der Waals surface area contributed by atoms with Crippen LogP contribution in [0.2, 0.25) is 0 Å². The molecule has 2 aliphatic heterocycles. The second kappa shape index (κ2) is 9.32. The lowest BCUT2D eigenvalue weighted by molar-refractivity contribution is -0.131. The summed E-state index contributed by atoms with van der Waals surface area (Å²) in [6, 6.07) is 14.4.